The number of rotatable bonds is 3. The highest BCUT2D eigenvalue weighted by Gasteiger charge is 2.50. The average molecular weight is 299 g/mol. The highest BCUT2D eigenvalue weighted by molar-refractivity contribution is 6.07. The Bertz CT molecular complexity index is 759. The minimum absolute atomic E-state index is 0.0263. The van der Waals surface area contributed by atoms with Crippen LogP contribution in [-0.4, -0.2) is 35.4 Å². The first-order chi connectivity index (χ1) is 10.5. The highest BCUT2D eigenvalue weighted by Crippen LogP contribution is 2.38. The molecule has 0 bridgehead atoms. The van der Waals surface area contributed by atoms with Crippen LogP contribution in [0.1, 0.15) is 5.56 Å². The number of allylic oxidation sites excluding steroid dienone is 2. The summed E-state index contributed by atoms with van der Waals surface area (Å²) in [7, 11) is 3.69. The van der Waals surface area contributed by atoms with E-state index < -0.39 is 5.91 Å². The number of primary amides is 1. The predicted octanol–water partition coefficient (Wildman–Crippen LogP) is 1.77. The Morgan fingerprint density at radius 1 is 1.23 bits per heavy atom. The van der Waals surface area contributed by atoms with Gasteiger partial charge in [0.25, 0.3) is 11.5 Å². The highest BCUT2D eigenvalue weighted by atomic mass is 19.1. The SMILES string of the molecule is CN(C)[N+]12C=CC=CC1=NC(c1ccc(F)cc1)=C2C(N)=O. The number of hydrogen-bond acceptors (Lipinski definition) is 3. The number of hydrogen-bond donors (Lipinski definition) is 1. The molecule has 1 aromatic rings. The second kappa shape index (κ2) is 5.01. The lowest BCUT2D eigenvalue weighted by molar-refractivity contribution is -0.864. The molecule has 22 heavy (non-hydrogen) atoms. The van der Waals surface area contributed by atoms with Crippen molar-refractivity contribution in [2.24, 2.45) is 10.7 Å². The van der Waals surface area contributed by atoms with Crippen LogP contribution in [-0.2, 0) is 4.79 Å². The number of amidine groups is 1. The molecule has 1 aromatic carbocycles. The Balaban J connectivity index is 2.27. The largest absolute Gasteiger partial charge is 0.361 e. The van der Waals surface area contributed by atoms with Crippen molar-refractivity contribution in [1.82, 2.24) is 5.01 Å². The third-order valence-corrected chi connectivity index (χ3v) is 3.78. The summed E-state index contributed by atoms with van der Waals surface area (Å²) >= 11 is 0. The molecule has 1 unspecified atom stereocenters. The molecule has 2 aliphatic heterocycles. The van der Waals surface area contributed by atoms with Gasteiger partial charge in [0.05, 0.1) is 0 Å². The molecule has 1 atom stereocenters. The van der Waals surface area contributed by atoms with Gasteiger partial charge in [-0.05, 0) is 36.4 Å². The second-order valence-electron chi connectivity index (χ2n) is 5.27. The lowest BCUT2D eigenvalue weighted by Gasteiger charge is -2.36. The average Bonchev–Trinajstić information content (AvgIpc) is 2.84. The molecule has 112 valence electrons. The van der Waals surface area contributed by atoms with E-state index in [4.69, 9.17) is 5.73 Å². The van der Waals surface area contributed by atoms with Crippen LogP contribution >= 0.6 is 0 Å². The fourth-order valence-corrected chi connectivity index (χ4v) is 2.77. The van der Waals surface area contributed by atoms with Crippen LogP contribution in [0.5, 0.6) is 0 Å². The zero-order valence-corrected chi connectivity index (χ0v) is 12.3. The number of nitrogens with zero attached hydrogens (tertiary/aromatic N) is 3. The topological polar surface area (TPSA) is 58.7 Å². The summed E-state index contributed by atoms with van der Waals surface area (Å²) < 4.78 is 13.2. The fourth-order valence-electron chi connectivity index (χ4n) is 2.77. The molecule has 2 aliphatic rings. The molecular weight excluding hydrogens is 283 g/mol. The Morgan fingerprint density at radius 3 is 2.50 bits per heavy atom. The van der Waals surface area contributed by atoms with Crippen LogP contribution in [0, 0.1) is 5.82 Å². The first-order valence-corrected chi connectivity index (χ1v) is 6.79. The summed E-state index contributed by atoms with van der Waals surface area (Å²) in [4.78, 5) is 16.7. The monoisotopic (exact) mass is 299 g/mol. The smallest absolute Gasteiger partial charge is 0.308 e. The standard InChI is InChI=1S/C16H15FN4O/c1-20(2)21-10-4-3-5-13(21)19-14(15(21)16(18)22)11-6-8-12(17)9-7-11/h3-10H,1-2H3,(H-,18,22)/p+1. The molecule has 1 amide bonds. The first kappa shape index (κ1) is 14.4. The molecule has 2 heterocycles. The second-order valence-corrected chi connectivity index (χ2v) is 5.27. The lowest BCUT2D eigenvalue weighted by Crippen LogP contribution is -2.57. The Kier molecular flexibility index (Phi) is 3.27. The predicted molar refractivity (Wildman–Crippen MR) is 82.2 cm³/mol. The lowest BCUT2D eigenvalue weighted by atomic mass is 10.1. The van der Waals surface area contributed by atoms with Crippen LogP contribution in [0.3, 0.4) is 0 Å². The van der Waals surface area contributed by atoms with Crippen molar-refractivity contribution >= 4 is 17.4 Å². The van der Waals surface area contributed by atoms with Crippen molar-refractivity contribution in [3.63, 3.8) is 0 Å². The molecule has 0 spiro atoms. The number of aliphatic imine (C=N–C) groups is 1. The van der Waals surface area contributed by atoms with E-state index in [1.807, 2.05) is 43.5 Å². The van der Waals surface area contributed by atoms with Crippen LogP contribution in [0.2, 0.25) is 0 Å². The normalized spacial score (nSPS) is 23.0. The molecule has 5 nitrogen and oxygen atoms in total. The van der Waals surface area contributed by atoms with Crippen LogP contribution in [0.15, 0.2) is 59.4 Å². The number of amides is 1. The number of carbonyl (C=O) groups excluding carboxylic acids is 1. The molecule has 0 radical (unpaired) electrons. The summed E-state index contributed by atoms with van der Waals surface area (Å²) in [6.45, 7) is 0. The number of quaternary nitrogens is 1. The summed E-state index contributed by atoms with van der Waals surface area (Å²) in [6.07, 6.45) is 7.37. The summed E-state index contributed by atoms with van der Waals surface area (Å²) in [5.41, 5.74) is 7.10. The zero-order valence-electron chi connectivity index (χ0n) is 12.3. The molecule has 0 aromatic heterocycles. The quantitative estimate of drug-likeness (QED) is 0.865. The van der Waals surface area contributed by atoms with E-state index in [-0.39, 0.29) is 10.4 Å². The molecule has 2 N–H and O–H groups in total. The maximum Gasteiger partial charge on any atom is 0.308 e. The van der Waals surface area contributed by atoms with Gasteiger partial charge >= 0.3 is 5.91 Å². The number of carbonyl (C=O) groups is 1. The van der Waals surface area contributed by atoms with E-state index in [0.717, 1.165) is 0 Å². The molecule has 0 saturated carbocycles. The van der Waals surface area contributed by atoms with E-state index in [2.05, 4.69) is 4.99 Å². The van der Waals surface area contributed by atoms with Crippen LogP contribution in [0.25, 0.3) is 5.70 Å². The van der Waals surface area contributed by atoms with E-state index in [0.29, 0.717) is 22.8 Å². The maximum atomic E-state index is 13.2. The Morgan fingerprint density at radius 2 is 1.91 bits per heavy atom. The third kappa shape index (κ3) is 1.93. The zero-order chi connectivity index (χ0) is 15.9. The molecular formula is C16H16FN4O+. The van der Waals surface area contributed by atoms with Gasteiger partial charge in [0.1, 0.15) is 17.7 Å². The summed E-state index contributed by atoms with van der Waals surface area (Å²) in [5, 5.41) is 1.84. The summed E-state index contributed by atoms with van der Waals surface area (Å²) in [5.74, 6) is -0.239. The first-order valence-electron chi connectivity index (χ1n) is 6.79. The fraction of sp³-hybridized carbons (Fsp3) is 0.125. The number of benzene rings is 1. The van der Waals surface area contributed by atoms with Gasteiger partial charge in [0, 0.05) is 25.7 Å². The summed E-state index contributed by atoms with van der Waals surface area (Å²) in [6, 6.07) is 5.86. The van der Waals surface area contributed by atoms with Crippen molar-refractivity contribution < 1.29 is 13.8 Å². The van der Waals surface area contributed by atoms with Gasteiger partial charge in [-0.2, -0.15) is 4.99 Å². The van der Waals surface area contributed by atoms with Crippen molar-refractivity contribution in [3.8, 4) is 0 Å². The molecule has 0 fully saturated rings. The molecule has 0 aliphatic carbocycles. The van der Waals surface area contributed by atoms with Gasteiger partial charge in [-0.3, -0.25) is 4.79 Å². The van der Waals surface area contributed by atoms with Gasteiger partial charge < -0.3 is 5.73 Å². The maximum absolute atomic E-state index is 13.2. The van der Waals surface area contributed by atoms with E-state index in [1.54, 1.807) is 12.1 Å². The van der Waals surface area contributed by atoms with Gasteiger partial charge in [-0.15, -0.1) is 9.60 Å². The Hall–Kier alpha value is -2.57. The van der Waals surface area contributed by atoms with Gasteiger partial charge in [-0.25, -0.2) is 4.39 Å². The van der Waals surface area contributed by atoms with Gasteiger partial charge in [-0.1, -0.05) is 0 Å². The number of nitrogens with two attached hydrogens (primary N) is 1. The minimum atomic E-state index is -0.563. The third-order valence-electron chi connectivity index (χ3n) is 3.78. The molecule has 3 rings (SSSR count). The van der Waals surface area contributed by atoms with Crippen LogP contribution < -0.4 is 5.73 Å². The minimum Gasteiger partial charge on any atom is -0.361 e. The van der Waals surface area contributed by atoms with Crippen molar-refractivity contribution in [1.29, 1.82) is 0 Å². The van der Waals surface area contributed by atoms with Gasteiger partial charge in [0.15, 0.2) is 0 Å². The number of fused-ring (bicyclic) bond motifs is 1. The van der Waals surface area contributed by atoms with Crippen molar-refractivity contribution in [2.75, 3.05) is 14.1 Å². The molecule has 0 saturated heterocycles. The van der Waals surface area contributed by atoms with Crippen molar-refractivity contribution in [3.05, 3.63) is 65.8 Å². The van der Waals surface area contributed by atoms with Crippen molar-refractivity contribution in [2.45, 2.75) is 0 Å². The van der Waals surface area contributed by atoms with E-state index in [9.17, 15) is 9.18 Å². The molecule has 6 heteroatoms. The van der Waals surface area contributed by atoms with Crippen LogP contribution in [0.4, 0.5) is 4.39 Å². The number of halogens is 1. The van der Waals surface area contributed by atoms with E-state index >= 15 is 0 Å². The van der Waals surface area contributed by atoms with Gasteiger partial charge in [0.2, 0.25) is 0 Å². The Labute approximate surface area is 127 Å². The van der Waals surface area contributed by atoms with E-state index in [1.165, 1.54) is 12.1 Å².